The summed E-state index contributed by atoms with van der Waals surface area (Å²) in [5.41, 5.74) is 1.79. The van der Waals surface area contributed by atoms with Crippen LogP contribution in [0, 0.1) is 5.41 Å². The molecule has 1 aliphatic heterocycles. The van der Waals surface area contributed by atoms with Gasteiger partial charge in [-0.3, -0.25) is 4.99 Å². The van der Waals surface area contributed by atoms with Gasteiger partial charge in [-0.25, -0.2) is 4.98 Å². The van der Waals surface area contributed by atoms with E-state index >= 15 is 0 Å². The first-order valence-electron chi connectivity index (χ1n) is 9.59. The Bertz CT molecular complexity index is 557. The van der Waals surface area contributed by atoms with Crippen molar-refractivity contribution in [1.29, 1.82) is 0 Å². The fourth-order valence-electron chi connectivity index (χ4n) is 4.05. The summed E-state index contributed by atoms with van der Waals surface area (Å²) < 4.78 is 0. The molecule has 0 atom stereocenters. The summed E-state index contributed by atoms with van der Waals surface area (Å²) in [6.07, 6.45) is 7.96. The standard InChI is InChI=1S/C19H32N4S/c1-4-20-18(23-12-10-19(14-23)8-5-6-9-19)21-11-7-16-13-24-17(22-16)15(2)3/h13,15H,4-12,14H2,1-3H3,(H,20,21). The summed E-state index contributed by atoms with van der Waals surface area (Å²) in [7, 11) is 0. The number of rotatable bonds is 5. The molecule has 5 heteroatoms. The number of guanidine groups is 1. The van der Waals surface area contributed by atoms with Gasteiger partial charge in [0, 0.05) is 43.9 Å². The molecule has 1 spiro atoms. The molecule has 1 aromatic rings. The van der Waals surface area contributed by atoms with Crippen molar-refractivity contribution in [3.05, 3.63) is 16.1 Å². The Hall–Kier alpha value is -1.10. The van der Waals surface area contributed by atoms with Gasteiger partial charge in [0.1, 0.15) is 0 Å². The monoisotopic (exact) mass is 348 g/mol. The van der Waals surface area contributed by atoms with Gasteiger partial charge in [-0.1, -0.05) is 26.7 Å². The highest BCUT2D eigenvalue weighted by molar-refractivity contribution is 7.09. The Morgan fingerprint density at radius 1 is 1.38 bits per heavy atom. The Kier molecular flexibility index (Phi) is 5.80. The fourth-order valence-corrected chi connectivity index (χ4v) is 4.92. The second-order valence-corrected chi connectivity index (χ2v) is 8.59. The van der Waals surface area contributed by atoms with Crippen molar-refractivity contribution in [2.45, 2.75) is 65.2 Å². The lowest BCUT2D eigenvalue weighted by Crippen LogP contribution is -2.41. The number of thiazole rings is 1. The number of hydrogen-bond acceptors (Lipinski definition) is 3. The van der Waals surface area contributed by atoms with Crippen LogP contribution in [0.25, 0.3) is 0 Å². The third-order valence-corrected chi connectivity index (χ3v) is 6.62. The molecule has 134 valence electrons. The maximum Gasteiger partial charge on any atom is 0.193 e. The first kappa shape index (κ1) is 17.7. The van der Waals surface area contributed by atoms with Crippen molar-refractivity contribution in [1.82, 2.24) is 15.2 Å². The second kappa shape index (κ2) is 7.85. The van der Waals surface area contributed by atoms with E-state index in [1.54, 1.807) is 11.3 Å². The van der Waals surface area contributed by atoms with Crippen LogP contribution in [0.15, 0.2) is 10.4 Å². The molecule has 3 rings (SSSR count). The van der Waals surface area contributed by atoms with Crippen LogP contribution in [0.5, 0.6) is 0 Å². The number of aliphatic imine (C=N–C) groups is 1. The molecular formula is C19H32N4S. The smallest absolute Gasteiger partial charge is 0.193 e. The van der Waals surface area contributed by atoms with E-state index in [4.69, 9.17) is 9.98 Å². The van der Waals surface area contributed by atoms with E-state index in [9.17, 15) is 0 Å². The average Bonchev–Trinajstić information content (AvgIpc) is 3.29. The molecule has 1 aromatic heterocycles. The highest BCUT2D eigenvalue weighted by atomic mass is 32.1. The average molecular weight is 349 g/mol. The zero-order chi connectivity index (χ0) is 17.0. The number of likely N-dealkylation sites (tertiary alicyclic amines) is 1. The summed E-state index contributed by atoms with van der Waals surface area (Å²) in [6.45, 7) is 10.7. The number of aromatic nitrogens is 1. The number of hydrogen-bond donors (Lipinski definition) is 1. The van der Waals surface area contributed by atoms with Crippen molar-refractivity contribution in [2.75, 3.05) is 26.2 Å². The number of nitrogens with zero attached hydrogens (tertiary/aromatic N) is 3. The van der Waals surface area contributed by atoms with Gasteiger partial charge in [-0.2, -0.15) is 0 Å². The lowest BCUT2D eigenvalue weighted by atomic mass is 9.86. The predicted octanol–water partition coefficient (Wildman–Crippen LogP) is 4.04. The van der Waals surface area contributed by atoms with E-state index in [-0.39, 0.29) is 0 Å². The van der Waals surface area contributed by atoms with Gasteiger partial charge in [-0.05, 0) is 31.6 Å². The molecule has 0 aromatic carbocycles. The molecule has 24 heavy (non-hydrogen) atoms. The van der Waals surface area contributed by atoms with Gasteiger partial charge in [-0.15, -0.1) is 11.3 Å². The van der Waals surface area contributed by atoms with Crippen molar-refractivity contribution < 1.29 is 0 Å². The van der Waals surface area contributed by atoms with Crippen LogP contribution < -0.4 is 5.32 Å². The first-order valence-corrected chi connectivity index (χ1v) is 10.5. The zero-order valence-corrected chi connectivity index (χ0v) is 16.3. The maximum absolute atomic E-state index is 4.90. The minimum absolute atomic E-state index is 0.525. The van der Waals surface area contributed by atoms with Gasteiger partial charge in [0.25, 0.3) is 0 Å². The quantitative estimate of drug-likeness (QED) is 0.645. The molecule has 4 nitrogen and oxygen atoms in total. The molecule has 1 aliphatic carbocycles. The minimum Gasteiger partial charge on any atom is -0.357 e. The Morgan fingerprint density at radius 2 is 2.17 bits per heavy atom. The third-order valence-electron chi connectivity index (χ3n) is 5.43. The molecular weight excluding hydrogens is 316 g/mol. The largest absolute Gasteiger partial charge is 0.357 e. The summed E-state index contributed by atoms with van der Waals surface area (Å²) in [4.78, 5) is 12.1. The van der Waals surface area contributed by atoms with E-state index in [2.05, 4.69) is 36.4 Å². The van der Waals surface area contributed by atoms with Crippen LogP contribution >= 0.6 is 11.3 Å². The van der Waals surface area contributed by atoms with Gasteiger partial charge in [0.2, 0.25) is 0 Å². The highest BCUT2D eigenvalue weighted by Gasteiger charge is 2.41. The van der Waals surface area contributed by atoms with Gasteiger partial charge in [0.15, 0.2) is 5.96 Å². The molecule has 0 amide bonds. The van der Waals surface area contributed by atoms with Crippen LogP contribution in [-0.2, 0) is 6.42 Å². The van der Waals surface area contributed by atoms with Crippen molar-refractivity contribution in [2.24, 2.45) is 10.4 Å². The van der Waals surface area contributed by atoms with Gasteiger partial charge < -0.3 is 10.2 Å². The van der Waals surface area contributed by atoms with E-state index in [1.807, 2.05) is 0 Å². The molecule has 0 unspecified atom stereocenters. The zero-order valence-electron chi connectivity index (χ0n) is 15.5. The number of nitrogens with one attached hydrogen (secondary N) is 1. The van der Waals surface area contributed by atoms with E-state index in [0.29, 0.717) is 11.3 Å². The molecule has 2 aliphatic rings. The summed E-state index contributed by atoms with van der Waals surface area (Å²) >= 11 is 1.78. The topological polar surface area (TPSA) is 40.5 Å². The normalized spacial score (nSPS) is 20.5. The summed E-state index contributed by atoms with van der Waals surface area (Å²) in [6, 6.07) is 0. The first-order chi connectivity index (χ1) is 11.6. The van der Waals surface area contributed by atoms with E-state index < -0.39 is 0 Å². The van der Waals surface area contributed by atoms with Gasteiger partial charge >= 0.3 is 0 Å². The molecule has 2 fully saturated rings. The van der Waals surface area contributed by atoms with E-state index in [0.717, 1.165) is 25.5 Å². The summed E-state index contributed by atoms with van der Waals surface area (Å²) in [5.74, 6) is 1.64. The summed E-state index contributed by atoms with van der Waals surface area (Å²) in [5, 5.41) is 6.93. The molecule has 2 heterocycles. The maximum atomic E-state index is 4.90. The van der Waals surface area contributed by atoms with Crippen molar-refractivity contribution >= 4 is 17.3 Å². The minimum atomic E-state index is 0.525. The lowest BCUT2D eigenvalue weighted by Gasteiger charge is -2.25. The molecule has 0 radical (unpaired) electrons. The van der Waals surface area contributed by atoms with Crippen LogP contribution in [0.1, 0.15) is 69.5 Å². The Balaban J connectivity index is 1.57. The SMILES string of the molecule is CCNC(=NCCc1csc(C(C)C)n1)N1CCC2(CCCC2)C1. The third kappa shape index (κ3) is 4.11. The Labute approximate surface area is 150 Å². The van der Waals surface area contributed by atoms with Crippen LogP contribution in [0.2, 0.25) is 0 Å². The molecule has 1 saturated heterocycles. The molecule has 0 bridgehead atoms. The Morgan fingerprint density at radius 3 is 2.83 bits per heavy atom. The van der Waals surface area contributed by atoms with E-state index in [1.165, 1.54) is 55.9 Å². The van der Waals surface area contributed by atoms with Gasteiger partial charge in [0.05, 0.1) is 10.7 Å². The second-order valence-electron chi connectivity index (χ2n) is 7.70. The van der Waals surface area contributed by atoms with Crippen LogP contribution in [0.3, 0.4) is 0 Å². The fraction of sp³-hybridized carbons (Fsp3) is 0.789. The predicted molar refractivity (Wildman–Crippen MR) is 103 cm³/mol. The van der Waals surface area contributed by atoms with Crippen LogP contribution in [0.4, 0.5) is 0 Å². The van der Waals surface area contributed by atoms with Crippen molar-refractivity contribution in [3.63, 3.8) is 0 Å². The van der Waals surface area contributed by atoms with Crippen molar-refractivity contribution in [3.8, 4) is 0 Å². The molecule has 1 saturated carbocycles. The van der Waals surface area contributed by atoms with Crippen LogP contribution in [-0.4, -0.2) is 42.0 Å². The lowest BCUT2D eigenvalue weighted by molar-refractivity contribution is 0.309. The molecule has 1 N–H and O–H groups in total. The highest BCUT2D eigenvalue weighted by Crippen LogP contribution is 2.45.